The monoisotopic (exact) mass is 268 g/mol. The third kappa shape index (κ3) is 2.85. The first-order chi connectivity index (χ1) is 8.99. The Bertz CT molecular complexity index is 488. The molecule has 1 aliphatic heterocycles. The Morgan fingerprint density at radius 3 is 2.37 bits per heavy atom. The summed E-state index contributed by atoms with van der Waals surface area (Å²) in [6.07, 6.45) is -0.944. The highest BCUT2D eigenvalue weighted by molar-refractivity contribution is 5.35. The molecule has 1 saturated heterocycles. The summed E-state index contributed by atoms with van der Waals surface area (Å²) >= 11 is 0. The first-order valence-corrected chi connectivity index (χ1v) is 5.66. The molecule has 1 heterocycles. The molecule has 102 valence electrons. The van der Waals surface area contributed by atoms with Gasteiger partial charge in [0.15, 0.2) is 6.29 Å². The Balaban J connectivity index is 2.25. The van der Waals surface area contributed by atoms with Gasteiger partial charge in [-0.3, -0.25) is 20.2 Å². The van der Waals surface area contributed by atoms with Crippen LogP contribution in [0.4, 0.5) is 5.69 Å². The molecule has 8 nitrogen and oxygen atoms in total. The highest BCUT2D eigenvalue weighted by Gasteiger charge is 2.39. The van der Waals surface area contributed by atoms with Crippen LogP contribution in [0.25, 0.3) is 0 Å². The smallest absolute Gasteiger partial charge is 0.269 e. The summed E-state index contributed by atoms with van der Waals surface area (Å²) in [5.41, 5.74) is 0.517. The van der Waals surface area contributed by atoms with Gasteiger partial charge >= 0.3 is 0 Å². The van der Waals surface area contributed by atoms with Gasteiger partial charge in [0.25, 0.3) is 5.69 Å². The summed E-state index contributed by atoms with van der Waals surface area (Å²) in [6, 6.07) is 4.61. The van der Waals surface area contributed by atoms with E-state index in [9.17, 15) is 25.3 Å². The lowest BCUT2D eigenvalue weighted by atomic mass is 9.87. The van der Waals surface area contributed by atoms with Gasteiger partial charge in [0, 0.05) is 23.5 Å². The zero-order chi connectivity index (χ0) is 14.0. The maximum Gasteiger partial charge on any atom is 0.269 e. The molecule has 1 N–H and O–H groups in total. The average molecular weight is 268 g/mol. The molecule has 0 spiro atoms. The number of nitro benzene ring substituents is 1. The molecule has 0 radical (unpaired) electrons. The van der Waals surface area contributed by atoms with Crippen LogP contribution in [-0.2, 0) is 4.74 Å². The number of rotatable bonds is 3. The minimum atomic E-state index is -1.05. The number of hydrogen-bond donors (Lipinski definition) is 1. The molecule has 2 rings (SSSR count). The highest BCUT2D eigenvalue weighted by Crippen LogP contribution is 2.32. The summed E-state index contributed by atoms with van der Waals surface area (Å²) < 4.78 is 4.87. The maximum atomic E-state index is 11.0. The normalized spacial score (nSPS) is 26.9. The van der Waals surface area contributed by atoms with E-state index in [2.05, 4.69) is 0 Å². The van der Waals surface area contributed by atoms with E-state index in [4.69, 9.17) is 4.74 Å². The minimum absolute atomic E-state index is 0.0750. The molecule has 0 bridgehead atoms. The summed E-state index contributed by atoms with van der Waals surface area (Å²) in [5, 5.41) is 30.9. The predicted molar refractivity (Wildman–Crippen MR) is 63.2 cm³/mol. The molecule has 1 aliphatic rings. The van der Waals surface area contributed by atoms with Gasteiger partial charge in [-0.15, -0.1) is 0 Å². The fraction of sp³-hybridized carbons (Fsp3) is 0.455. The first kappa shape index (κ1) is 13.4. The van der Waals surface area contributed by atoms with Gasteiger partial charge < -0.3 is 9.84 Å². The van der Waals surface area contributed by atoms with E-state index in [1.807, 2.05) is 0 Å². The van der Waals surface area contributed by atoms with E-state index < -0.39 is 28.1 Å². The first-order valence-electron chi connectivity index (χ1n) is 5.66. The van der Waals surface area contributed by atoms with Crippen LogP contribution in [0.15, 0.2) is 24.3 Å². The third-order valence-corrected chi connectivity index (χ3v) is 3.18. The molecule has 1 aromatic rings. The van der Waals surface area contributed by atoms with Crippen molar-refractivity contribution in [2.45, 2.75) is 24.7 Å². The molecule has 8 heteroatoms. The number of hydrogen-bond acceptors (Lipinski definition) is 6. The number of nitrogens with zero attached hydrogens (tertiary/aromatic N) is 2. The van der Waals surface area contributed by atoms with Gasteiger partial charge in [-0.1, -0.05) is 12.1 Å². The topological polar surface area (TPSA) is 116 Å². The maximum absolute atomic E-state index is 11.0. The number of non-ortho nitro benzene ring substituents is 1. The minimum Gasteiger partial charge on any atom is -0.368 e. The SMILES string of the molecule is O=[N+]([O-])c1ccc([C@H]2CC(O)OC[C@@H]2[N+](=O)[O-])cc1. The van der Waals surface area contributed by atoms with Crippen LogP contribution >= 0.6 is 0 Å². The second kappa shape index (κ2) is 5.29. The Labute approximate surface area is 107 Å². The number of benzene rings is 1. The van der Waals surface area contributed by atoms with Gasteiger partial charge in [0.1, 0.15) is 6.61 Å². The lowest BCUT2D eigenvalue weighted by Gasteiger charge is -2.29. The quantitative estimate of drug-likeness (QED) is 0.647. The Morgan fingerprint density at radius 1 is 1.21 bits per heavy atom. The van der Waals surface area contributed by atoms with Crippen LogP contribution in [0.5, 0.6) is 0 Å². The second-order valence-corrected chi connectivity index (χ2v) is 4.33. The van der Waals surface area contributed by atoms with Crippen molar-refractivity contribution in [1.82, 2.24) is 0 Å². The predicted octanol–water partition coefficient (Wildman–Crippen LogP) is 1.06. The molecule has 1 fully saturated rings. The van der Waals surface area contributed by atoms with E-state index in [1.165, 1.54) is 24.3 Å². The number of nitro groups is 2. The summed E-state index contributed by atoms with van der Waals surface area (Å²) in [6.45, 7) is -0.171. The summed E-state index contributed by atoms with van der Waals surface area (Å²) in [7, 11) is 0. The third-order valence-electron chi connectivity index (χ3n) is 3.18. The molecule has 0 aromatic heterocycles. The molecule has 1 aromatic carbocycles. The molecule has 0 amide bonds. The zero-order valence-electron chi connectivity index (χ0n) is 9.84. The lowest BCUT2D eigenvalue weighted by Crippen LogP contribution is -2.40. The highest BCUT2D eigenvalue weighted by atomic mass is 16.6. The van der Waals surface area contributed by atoms with Crippen LogP contribution in [-0.4, -0.2) is 33.9 Å². The van der Waals surface area contributed by atoms with Crippen LogP contribution in [0.2, 0.25) is 0 Å². The van der Waals surface area contributed by atoms with Gasteiger partial charge in [-0.25, -0.2) is 0 Å². The van der Waals surface area contributed by atoms with Crippen LogP contribution < -0.4 is 0 Å². The largest absolute Gasteiger partial charge is 0.368 e. The summed E-state index contributed by atoms with van der Waals surface area (Å²) in [4.78, 5) is 20.5. The fourth-order valence-electron chi connectivity index (χ4n) is 2.18. The van der Waals surface area contributed by atoms with Crippen molar-refractivity contribution in [3.8, 4) is 0 Å². The van der Waals surface area contributed by atoms with Gasteiger partial charge in [0.2, 0.25) is 6.04 Å². The van der Waals surface area contributed by atoms with E-state index in [1.54, 1.807) is 0 Å². The Morgan fingerprint density at radius 2 is 1.84 bits per heavy atom. The molecule has 19 heavy (non-hydrogen) atoms. The number of aliphatic hydroxyl groups excluding tert-OH is 1. The zero-order valence-corrected chi connectivity index (χ0v) is 9.84. The number of ether oxygens (including phenoxy) is 1. The van der Waals surface area contributed by atoms with Crippen LogP contribution in [0, 0.1) is 20.2 Å². The molecule has 1 unspecified atom stereocenters. The van der Waals surface area contributed by atoms with Crippen molar-refractivity contribution in [3.05, 3.63) is 50.1 Å². The van der Waals surface area contributed by atoms with Gasteiger partial charge in [-0.2, -0.15) is 0 Å². The van der Waals surface area contributed by atoms with Crippen molar-refractivity contribution in [2.75, 3.05) is 6.61 Å². The van der Waals surface area contributed by atoms with Crippen molar-refractivity contribution < 1.29 is 19.7 Å². The standard InChI is InChI=1S/C11H12N2O6/c14-11-5-9(10(6-19-11)13(17)18)7-1-3-8(4-2-7)12(15)16/h1-4,9-11,14H,5-6H2/t9-,10+,11?/m1/s1. The molecule has 0 saturated carbocycles. The molecular weight excluding hydrogens is 256 g/mol. The van der Waals surface area contributed by atoms with Crippen LogP contribution in [0.1, 0.15) is 17.9 Å². The van der Waals surface area contributed by atoms with Crippen LogP contribution in [0.3, 0.4) is 0 Å². The number of aliphatic hydroxyl groups is 1. The van der Waals surface area contributed by atoms with Crippen molar-refractivity contribution in [2.24, 2.45) is 0 Å². The fourth-order valence-corrected chi connectivity index (χ4v) is 2.18. The van der Waals surface area contributed by atoms with E-state index in [0.717, 1.165) is 0 Å². The van der Waals surface area contributed by atoms with Gasteiger partial charge in [0.05, 0.1) is 10.8 Å². The van der Waals surface area contributed by atoms with Crippen molar-refractivity contribution in [3.63, 3.8) is 0 Å². The molecular formula is C11H12N2O6. The lowest BCUT2D eigenvalue weighted by molar-refractivity contribution is -0.538. The molecule has 0 aliphatic carbocycles. The van der Waals surface area contributed by atoms with E-state index >= 15 is 0 Å². The van der Waals surface area contributed by atoms with Gasteiger partial charge in [-0.05, 0) is 5.56 Å². The van der Waals surface area contributed by atoms with E-state index in [-0.39, 0.29) is 18.7 Å². The van der Waals surface area contributed by atoms with Crippen molar-refractivity contribution >= 4 is 5.69 Å². The summed E-state index contributed by atoms with van der Waals surface area (Å²) in [5.74, 6) is -0.514. The van der Waals surface area contributed by atoms with Crippen molar-refractivity contribution in [1.29, 1.82) is 0 Å². The second-order valence-electron chi connectivity index (χ2n) is 4.33. The van der Waals surface area contributed by atoms with E-state index in [0.29, 0.717) is 5.56 Å². The Hall–Kier alpha value is -2.06. The molecule has 3 atom stereocenters. The Kier molecular flexibility index (Phi) is 3.72. The average Bonchev–Trinajstić information content (AvgIpc) is 2.38.